The Balaban J connectivity index is 2.44. The van der Waals surface area contributed by atoms with E-state index in [1.54, 1.807) is 26.8 Å². The molecule has 1 unspecified atom stereocenters. The molecule has 2 aromatic heterocycles. The van der Waals surface area contributed by atoms with Crippen molar-refractivity contribution in [1.29, 1.82) is 0 Å². The first kappa shape index (κ1) is 21.9. The minimum Gasteiger partial charge on any atom is -0.444 e. The van der Waals surface area contributed by atoms with Crippen LogP contribution in [0.4, 0.5) is 19.3 Å². The fraction of sp³-hybridized carbons (Fsp3) is 0.389. The Hall–Kier alpha value is -3.37. The summed E-state index contributed by atoms with van der Waals surface area (Å²) in [7, 11) is 0. The highest BCUT2D eigenvalue weighted by Gasteiger charge is 2.27. The van der Waals surface area contributed by atoms with Gasteiger partial charge in [-0.25, -0.2) is 4.79 Å². The molecule has 2 aromatic rings. The molecule has 1 amide bonds. The van der Waals surface area contributed by atoms with Crippen molar-refractivity contribution in [3.05, 3.63) is 53.0 Å². The number of nitrogens with zero attached hydrogens (tertiary/aromatic N) is 4. The molecule has 0 aromatic carbocycles. The normalized spacial score (nSPS) is 12.5. The Labute approximate surface area is 165 Å². The third kappa shape index (κ3) is 5.56. The quantitative estimate of drug-likeness (QED) is 0.412. The lowest BCUT2D eigenvalue weighted by molar-refractivity contribution is -0.384. The molecule has 0 saturated carbocycles. The van der Waals surface area contributed by atoms with Gasteiger partial charge in [-0.15, -0.1) is 6.58 Å². The molecule has 2 heterocycles. The van der Waals surface area contributed by atoms with Crippen LogP contribution in [0.3, 0.4) is 0 Å². The first-order valence-electron chi connectivity index (χ1n) is 8.59. The van der Waals surface area contributed by atoms with Crippen molar-refractivity contribution in [1.82, 2.24) is 20.1 Å². The van der Waals surface area contributed by atoms with Crippen LogP contribution >= 0.6 is 0 Å². The van der Waals surface area contributed by atoms with Gasteiger partial charge in [0, 0.05) is 18.0 Å². The molecule has 9 nitrogen and oxygen atoms in total. The first-order chi connectivity index (χ1) is 13.5. The number of hydrogen-bond acceptors (Lipinski definition) is 6. The highest BCUT2D eigenvalue weighted by molar-refractivity contribution is 5.71. The lowest BCUT2D eigenvalue weighted by Crippen LogP contribution is -2.34. The van der Waals surface area contributed by atoms with Crippen LogP contribution in [0.2, 0.25) is 0 Å². The van der Waals surface area contributed by atoms with Gasteiger partial charge in [-0.3, -0.25) is 15.1 Å². The molecule has 0 spiro atoms. The molecular weight excluding hydrogens is 388 g/mol. The zero-order chi connectivity index (χ0) is 21.8. The van der Waals surface area contributed by atoms with Crippen molar-refractivity contribution in [2.24, 2.45) is 0 Å². The lowest BCUT2D eigenvalue weighted by atomic mass is 10.0. The highest BCUT2D eigenvalue weighted by Crippen LogP contribution is 2.33. The predicted molar refractivity (Wildman–Crippen MR) is 100 cm³/mol. The molecule has 0 aliphatic rings. The van der Waals surface area contributed by atoms with Crippen molar-refractivity contribution in [3.63, 3.8) is 0 Å². The van der Waals surface area contributed by atoms with E-state index in [1.807, 2.05) is 0 Å². The van der Waals surface area contributed by atoms with Crippen molar-refractivity contribution >= 4 is 11.8 Å². The summed E-state index contributed by atoms with van der Waals surface area (Å²) >= 11 is 0. The maximum atomic E-state index is 13.3. The maximum absolute atomic E-state index is 13.3. The Kier molecular flexibility index (Phi) is 6.62. The Morgan fingerprint density at radius 1 is 1.41 bits per heavy atom. The van der Waals surface area contributed by atoms with Crippen molar-refractivity contribution in [2.75, 3.05) is 0 Å². The number of carbonyl (C=O) groups excluding carboxylic acids is 1. The number of rotatable bonds is 7. The molecule has 11 heteroatoms. The number of aromatic nitrogens is 3. The van der Waals surface area contributed by atoms with Gasteiger partial charge in [-0.1, -0.05) is 6.08 Å². The van der Waals surface area contributed by atoms with Gasteiger partial charge in [0.05, 0.1) is 11.0 Å². The number of carbonyl (C=O) groups is 1. The van der Waals surface area contributed by atoms with E-state index < -0.39 is 34.9 Å². The Bertz CT molecular complexity index is 908. The van der Waals surface area contributed by atoms with Gasteiger partial charge in [-0.05, 0) is 38.8 Å². The van der Waals surface area contributed by atoms with Crippen LogP contribution in [0, 0.1) is 10.1 Å². The number of nitrogens with one attached hydrogen (secondary N) is 1. The molecule has 1 atom stereocenters. The topological polar surface area (TPSA) is 112 Å². The van der Waals surface area contributed by atoms with Crippen LogP contribution in [-0.2, 0) is 4.74 Å². The van der Waals surface area contributed by atoms with E-state index in [4.69, 9.17) is 4.74 Å². The summed E-state index contributed by atoms with van der Waals surface area (Å²) in [6.45, 7) is 5.69. The van der Waals surface area contributed by atoms with Crippen LogP contribution in [-0.4, -0.2) is 31.4 Å². The summed E-state index contributed by atoms with van der Waals surface area (Å²) in [5, 5.41) is 17.3. The number of nitro groups is 1. The number of ether oxygens (including phenoxy) is 1. The Morgan fingerprint density at radius 2 is 2.10 bits per heavy atom. The summed E-state index contributed by atoms with van der Waals surface area (Å²) < 4.78 is 32.0. The highest BCUT2D eigenvalue weighted by atomic mass is 19.3. The average Bonchev–Trinajstić information content (AvgIpc) is 3.05. The monoisotopic (exact) mass is 409 g/mol. The van der Waals surface area contributed by atoms with Gasteiger partial charge in [-0.2, -0.15) is 18.6 Å². The zero-order valence-corrected chi connectivity index (χ0v) is 16.1. The lowest BCUT2D eigenvalue weighted by Gasteiger charge is -2.23. The van der Waals surface area contributed by atoms with Gasteiger partial charge in [0.2, 0.25) is 0 Å². The number of amides is 1. The van der Waals surface area contributed by atoms with E-state index >= 15 is 0 Å². The summed E-state index contributed by atoms with van der Waals surface area (Å²) in [5.41, 5.74) is -1.18. The van der Waals surface area contributed by atoms with Crippen molar-refractivity contribution in [3.8, 4) is 11.3 Å². The summed E-state index contributed by atoms with van der Waals surface area (Å²) in [4.78, 5) is 26.6. The van der Waals surface area contributed by atoms with Crippen molar-refractivity contribution < 1.29 is 23.2 Å². The minimum atomic E-state index is -3.08. The van der Waals surface area contributed by atoms with Crippen LogP contribution in [0.5, 0.6) is 0 Å². The number of alkyl halides is 2. The molecule has 0 aliphatic heterocycles. The Morgan fingerprint density at radius 3 is 2.66 bits per heavy atom. The number of halogens is 2. The zero-order valence-electron chi connectivity index (χ0n) is 16.1. The van der Waals surface area contributed by atoms with Gasteiger partial charge in [0.1, 0.15) is 11.8 Å². The molecule has 156 valence electrons. The van der Waals surface area contributed by atoms with Gasteiger partial charge in [0.25, 0.3) is 0 Å². The van der Waals surface area contributed by atoms with E-state index in [1.165, 1.54) is 18.5 Å². The van der Waals surface area contributed by atoms with Crippen LogP contribution in [0.25, 0.3) is 11.3 Å². The van der Waals surface area contributed by atoms with E-state index in [2.05, 4.69) is 22.0 Å². The van der Waals surface area contributed by atoms with Crippen LogP contribution in [0.1, 0.15) is 45.3 Å². The fourth-order valence-electron chi connectivity index (χ4n) is 2.59. The van der Waals surface area contributed by atoms with Crippen molar-refractivity contribution in [2.45, 2.75) is 45.4 Å². The fourth-order valence-corrected chi connectivity index (χ4v) is 2.59. The summed E-state index contributed by atoms with van der Waals surface area (Å²) in [6, 6.07) is 0.804. The molecule has 0 aliphatic carbocycles. The maximum Gasteiger partial charge on any atom is 0.408 e. The molecule has 1 N–H and O–H groups in total. The number of pyridine rings is 1. The summed E-state index contributed by atoms with van der Waals surface area (Å²) in [5.74, 6) is 0. The minimum absolute atomic E-state index is 0.0621. The number of hydrogen-bond donors (Lipinski definition) is 1. The second-order valence-corrected chi connectivity index (χ2v) is 7.09. The third-order valence-electron chi connectivity index (χ3n) is 3.69. The first-order valence-corrected chi connectivity index (χ1v) is 8.59. The van der Waals surface area contributed by atoms with E-state index in [-0.39, 0.29) is 15.9 Å². The van der Waals surface area contributed by atoms with E-state index in [0.29, 0.717) is 12.0 Å². The predicted octanol–water partition coefficient (Wildman–Crippen LogP) is 4.39. The molecule has 0 radical (unpaired) electrons. The van der Waals surface area contributed by atoms with Crippen LogP contribution < -0.4 is 5.32 Å². The molecule has 0 bridgehead atoms. The second-order valence-electron chi connectivity index (χ2n) is 7.09. The summed E-state index contributed by atoms with van der Waals surface area (Å²) in [6.07, 6.45) is 4.56. The average molecular weight is 409 g/mol. The molecule has 2 rings (SSSR count). The molecule has 0 saturated heterocycles. The van der Waals surface area contributed by atoms with Gasteiger partial charge < -0.3 is 10.1 Å². The molecule has 29 heavy (non-hydrogen) atoms. The molecule has 0 fully saturated rings. The largest absolute Gasteiger partial charge is 0.444 e. The van der Waals surface area contributed by atoms with Gasteiger partial charge in [0.15, 0.2) is 5.69 Å². The third-order valence-corrected chi connectivity index (χ3v) is 3.69. The van der Waals surface area contributed by atoms with E-state index in [9.17, 15) is 23.7 Å². The SMILES string of the molecule is C=CCC(NC(=O)OC(C)(C)C)c1cncc(-c2c([N+](=O)[O-])cnn2C(F)F)c1. The van der Waals surface area contributed by atoms with Gasteiger partial charge >= 0.3 is 18.3 Å². The number of alkyl carbamates (subject to hydrolysis) is 1. The van der Waals surface area contributed by atoms with Crippen LogP contribution in [0.15, 0.2) is 37.3 Å². The second kappa shape index (κ2) is 8.76. The smallest absolute Gasteiger partial charge is 0.408 e. The molecular formula is C18H21F2N5O4. The van der Waals surface area contributed by atoms with E-state index in [0.717, 1.165) is 6.20 Å². The standard InChI is InChI=1S/C18H21F2N5O4/c1-5-6-13(23-17(26)29-18(2,3)4)11-7-12(9-21-8-11)15-14(25(27)28)10-22-24(15)16(19)20/h5,7-10,13,16H,1,6H2,2-4H3,(H,23,26).